The highest BCUT2D eigenvalue weighted by atomic mass is 35.5. The van der Waals surface area contributed by atoms with Gasteiger partial charge in [0.2, 0.25) is 0 Å². The molecule has 1 N–H and O–H groups in total. The summed E-state index contributed by atoms with van der Waals surface area (Å²) >= 11 is 5.94. The van der Waals surface area contributed by atoms with E-state index in [9.17, 15) is 0 Å². The number of para-hydroxylation sites is 1. The third-order valence-corrected chi connectivity index (χ3v) is 2.86. The second kappa shape index (κ2) is 6.43. The van der Waals surface area contributed by atoms with Gasteiger partial charge in [0, 0.05) is 17.1 Å². The van der Waals surface area contributed by atoms with Crippen molar-refractivity contribution in [3.8, 4) is 5.75 Å². The van der Waals surface area contributed by atoms with Crippen LogP contribution >= 0.6 is 11.6 Å². The number of benzene rings is 2. The lowest BCUT2D eigenvalue weighted by molar-refractivity contribution is 0.302. The SMILES string of the molecule is CNCc1ccccc1OCc1cccc(Cl)c1. The Bertz CT molecular complexity index is 513. The van der Waals surface area contributed by atoms with Crippen LogP contribution in [-0.4, -0.2) is 7.05 Å². The van der Waals surface area contributed by atoms with Crippen molar-refractivity contribution in [3.63, 3.8) is 0 Å². The van der Waals surface area contributed by atoms with Gasteiger partial charge in [-0.3, -0.25) is 0 Å². The van der Waals surface area contributed by atoms with Crippen LogP contribution < -0.4 is 10.1 Å². The first-order chi connectivity index (χ1) is 8.79. The summed E-state index contributed by atoms with van der Waals surface area (Å²) in [5, 5.41) is 3.87. The van der Waals surface area contributed by atoms with Crippen molar-refractivity contribution in [1.82, 2.24) is 5.32 Å². The van der Waals surface area contributed by atoms with Gasteiger partial charge in [-0.15, -0.1) is 0 Å². The van der Waals surface area contributed by atoms with E-state index >= 15 is 0 Å². The third-order valence-electron chi connectivity index (χ3n) is 2.62. The van der Waals surface area contributed by atoms with Crippen LogP contribution in [0.1, 0.15) is 11.1 Å². The Morgan fingerprint density at radius 3 is 2.72 bits per heavy atom. The molecule has 0 amide bonds. The molecular formula is C15H16ClNO. The van der Waals surface area contributed by atoms with E-state index in [-0.39, 0.29) is 0 Å². The van der Waals surface area contributed by atoms with Crippen LogP contribution in [0.25, 0.3) is 0 Å². The van der Waals surface area contributed by atoms with Crippen molar-refractivity contribution in [2.75, 3.05) is 7.05 Å². The van der Waals surface area contributed by atoms with Crippen molar-refractivity contribution in [1.29, 1.82) is 0 Å². The van der Waals surface area contributed by atoms with Gasteiger partial charge in [-0.2, -0.15) is 0 Å². The molecule has 0 heterocycles. The van der Waals surface area contributed by atoms with Gasteiger partial charge in [-0.05, 0) is 30.8 Å². The number of rotatable bonds is 5. The molecule has 0 atom stereocenters. The van der Waals surface area contributed by atoms with Crippen LogP contribution in [0.4, 0.5) is 0 Å². The van der Waals surface area contributed by atoms with Crippen LogP contribution in [-0.2, 0) is 13.2 Å². The topological polar surface area (TPSA) is 21.3 Å². The molecule has 3 heteroatoms. The maximum atomic E-state index is 5.94. The van der Waals surface area contributed by atoms with Crippen LogP contribution in [0.5, 0.6) is 5.75 Å². The summed E-state index contributed by atoms with van der Waals surface area (Å²) in [6.07, 6.45) is 0. The van der Waals surface area contributed by atoms with Gasteiger partial charge >= 0.3 is 0 Å². The molecule has 2 aromatic rings. The standard InChI is InChI=1S/C15H16ClNO/c1-17-10-13-6-2-3-8-15(13)18-11-12-5-4-7-14(16)9-12/h2-9,17H,10-11H2,1H3. The fourth-order valence-corrected chi connectivity index (χ4v) is 1.98. The van der Waals surface area contributed by atoms with Crippen molar-refractivity contribution >= 4 is 11.6 Å². The average molecular weight is 262 g/mol. The van der Waals surface area contributed by atoms with Gasteiger partial charge in [0.15, 0.2) is 0 Å². The Balaban J connectivity index is 2.06. The van der Waals surface area contributed by atoms with E-state index in [2.05, 4.69) is 11.4 Å². The Kier molecular flexibility index (Phi) is 4.62. The molecule has 0 aliphatic heterocycles. The van der Waals surface area contributed by atoms with Gasteiger partial charge in [0.25, 0.3) is 0 Å². The molecular weight excluding hydrogens is 246 g/mol. The second-order valence-electron chi connectivity index (χ2n) is 4.06. The number of hydrogen-bond acceptors (Lipinski definition) is 2. The predicted octanol–water partition coefficient (Wildman–Crippen LogP) is 3.64. The van der Waals surface area contributed by atoms with Crippen LogP contribution in [0.15, 0.2) is 48.5 Å². The fourth-order valence-electron chi connectivity index (χ4n) is 1.77. The number of hydrogen-bond donors (Lipinski definition) is 1. The minimum absolute atomic E-state index is 0.529. The zero-order chi connectivity index (χ0) is 12.8. The van der Waals surface area contributed by atoms with E-state index in [1.54, 1.807) is 0 Å². The first kappa shape index (κ1) is 12.9. The molecule has 2 nitrogen and oxygen atoms in total. The van der Waals surface area contributed by atoms with Gasteiger partial charge in [0.1, 0.15) is 12.4 Å². The Labute approximate surface area is 113 Å². The molecule has 18 heavy (non-hydrogen) atoms. The van der Waals surface area contributed by atoms with Crippen LogP contribution in [0, 0.1) is 0 Å². The first-order valence-electron chi connectivity index (χ1n) is 5.89. The number of halogens is 1. The second-order valence-corrected chi connectivity index (χ2v) is 4.49. The molecule has 2 aromatic carbocycles. The maximum Gasteiger partial charge on any atom is 0.124 e. The summed E-state index contributed by atoms with van der Waals surface area (Å²) in [5.41, 5.74) is 2.23. The minimum atomic E-state index is 0.529. The van der Waals surface area contributed by atoms with E-state index in [1.165, 1.54) is 0 Å². The quantitative estimate of drug-likeness (QED) is 0.887. The molecule has 0 aromatic heterocycles. The van der Waals surface area contributed by atoms with E-state index in [0.29, 0.717) is 6.61 Å². The average Bonchev–Trinajstić information content (AvgIpc) is 2.38. The molecule has 0 aliphatic carbocycles. The molecule has 0 saturated heterocycles. The molecule has 0 unspecified atom stereocenters. The van der Waals surface area contributed by atoms with Gasteiger partial charge < -0.3 is 10.1 Å². The van der Waals surface area contributed by atoms with Crippen molar-refractivity contribution in [3.05, 3.63) is 64.7 Å². The fraction of sp³-hybridized carbons (Fsp3) is 0.200. The summed E-state index contributed by atoms with van der Waals surface area (Å²) in [4.78, 5) is 0. The van der Waals surface area contributed by atoms with Crippen molar-refractivity contribution in [2.24, 2.45) is 0 Å². The van der Waals surface area contributed by atoms with E-state index in [4.69, 9.17) is 16.3 Å². The summed E-state index contributed by atoms with van der Waals surface area (Å²) < 4.78 is 5.83. The summed E-state index contributed by atoms with van der Waals surface area (Å²) in [6, 6.07) is 15.8. The minimum Gasteiger partial charge on any atom is -0.489 e. The molecule has 94 valence electrons. The van der Waals surface area contributed by atoms with Gasteiger partial charge in [-0.25, -0.2) is 0 Å². The highest BCUT2D eigenvalue weighted by Gasteiger charge is 2.02. The normalized spacial score (nSPS) is 10.3. The highest BCUT2D eigenvalue weighted by molar-refractivity contribution is 6.30. The number of nitrogens with one attached hydrogen (secondary N) is 1. The first-order valence-corrected chi connectivity index (χ1v) is 6.27. The highest BCUT2D eigenvalue weighted by Crippen LogP contribution is 2.20. The smallest absolute Gasteiger partial charge is 0.124 e. The molecule has 0 aliphatic rings. The molecule has 0 radical (unpaired) electrons. The third kappa shape index (κ3) is 3.49. The van der Waals surface area contributed by atoms with Crippen LogP contribution in [0.3, 0.4) is 0 Å². The lowest BCUT2D eigenvalue weighted by atomic mass is 10.2. The van der Waals surface area contributed by atoms with E-state index in [1.807, 2.05) is 49.5 Å². The Morgan fingerprint density at radius 1 is 1.11 bits per heavy atom. The zero-order valence-corrected chi connectivity index (χ0v) is 11.1. The molecule has 0 fully saturated rings. The van der Waals surface area contributed by atoms with Gasteiger partial charge in [0.05, 0.1) is 0 Å². The zero-order valence-electron chi connectivity index (χ0n) is 10.3. The summed E-state index contributed by atoms with van der Waals surface area (Å²) in [6.45, 7) is 1.33. The van der Waals surface area contributed by atoms with Crippen LogP contribution in [0.2, 0.25) is 5.02 Å². The largest absolute Gasteiger partial charge is 0.489 e. The predicted molar refractivity (Wildman–Crippen MR) is 75.0 cm³/mol. The van der Waals surface area contributed by atoms with Crippen molar-refractivity contribution in [2.45, 2.75) is 13.2 Å². The Morgan fingerprint density at radius 2 is 1.94 bits per heavy atom. The van der Waals surface area contributed by atoms with Crippen molar-refractivity contribution < 1.29 is 4.74 Å². The van der Waals surface area contributed by atoms with E-state index in [0.717, 1.165) is 28.4 Å². The summed E-state index contributed by atoms with van der Waals surface area (Å²) in [7, 11) is 1.92. The number of ether oxygens (including phenoxy) is 1. The summed E-state index contributed by atoms with van der Waals surface area (Å²) in [5.74, 6) is 0.909. The lowest BCUT2D eigenvalue weighted by Gasteiger charge is -2.11. The lowest BCUT2D eigenvalue weighted by Crippen LogP contribution is -2.07. The molecule has 2 rings (SSSR count). The van der Waals surface area contributed by atoms with Gasteiger partial charge in [-0.1, -0.05) is 41.9 Å². The Hall–Kier alpha value is -1.51. The monoisotopic (exact) mass is 261 g/mol. The molecule has 0 bridgehead atoms. The molecule has 0 spiro atoms. The van der Waals surface area contributed by atoms with E-state index < -0.39 is 0 Å². The maximum absolute atomic E-state index is 5.94. The molecule has 0 saturated carbocycles.